The van der Waals surface area contributed by atoms with E-state index in [0.717, 1.165) is 29.1 Å². The average Bonchev–Trinajstić information content (AvgIpc) is 2.73. The Balaban J connectivity index is 2.16. The first kappa shape index (κ1) is 13.3. The van der Waals surface area contributed by atoms with Gasteiger partial charge in [-0.1, -0.05) is 6.92 Å². The molecule has 2 rings (SSSR count). The van der Waals surface area contributed by atoms with Gasteiger partial charge in [0.2, 0.25) is 11.8 Å². The highest BCUT2D eigenvalue weighted by Crippen LogP contribution is 2.22. The minimum Gasteiger partial charge on any atom is -0.481 e. The summed E-state index contributed by atoms with van der Waals surface area (Å²) in [5, 5.41) is 7.63. The third-order valence-electron chi connectivity index (χ3n) is 2.90. The van der Waals surface area contributed by atoms with Crippen molar-refractivity contribution in [1.29, 1.82) is 0 Å². The van der Waals surface area contributed by atoms with Gasteiger partial charge in [0.05, 0.1) is 24.9 Å². The van der Waals surface area contributed by atoms with Gasteiger partial charge in [0.1, 0.15) is 0 Å². The van der Waals surface area contributed by atoms with Gasteiger partial charge in [-0.25, -0.2) is 14.6 Å². The number of hydrogen-bond donors (Lipinski definition) is 1. The Bertz CT molecular complexity index is 547. The van der Waals surface area contributed by atoms with Crippen LogP contribution in [0.4, 0.5) is 5.95 Å². The van der Waals surface area contributed by atoms with Crippen LogP contribution in [0.15, 0.2) is 12.4 Å². The first-order chi connectivity index (χ1) is 9.15. The van der Waals surface area contributed by atoms with Crippen molar-refractivity contribution in [3.8, 4) is 5.88 Å². The molecule has 0 saturated carbocycles. The van der Waals surface area contributed by atoms with Crippen LogP contribution in [0.2, 0.25) is 0 Å². The lowest BCUT2D eigenvalue weighted by atomic mass is 10.2. The van der Waals surface area contributed by atoms with Gasteiger partial charge in [-0.15, -0.1) is 0 Å². The summed E-state index contributed by atoms with van der Waals surface area (Å²) < 4.78 is 7.14. The minimum atomic E-state index is 0.600. The van der Waals surface area contributed by atoms with E-state index in [1.807, 2.05) is 14.0 Å². The molecule has 0 atom stereocenters. The van der Waals surface area contributed by atoms with Crippen LogP contribution in [0.3, 0.4) is 0 Å². The quantitative estimate of drug-likeness (QED) is 0.887. The third kappa shape index (κ3) is 2.83. The predicted octanol–water partition coefficient (Wildman–Crippen LogP) is 1.70. The maximum atomic E-state index is 5.39. The van der Waals surface area contributed by atoms with Crippen LogP contribution in [-0.2, 0) is 20.0 Å². The van der Waals surface area contributed by atoms with Crippen LogP contribution in [0, 0.1) is 6.92 Å². The van der Waals surface area contributed by atoms with E-state index in [0.29, 0.717) is 12.5 Å². The van der Waals surface area contributed by atoms with E-state index in [9.17, 15) is 0 Å². The van der Waals surface area contributed by atoms with E-state index < -0.39 is 0 Å². The van der Waals surface area contributed by atoms with Gasteiger partial charge in [0.15, 0.2) is 0 Å². The molecule has 2 aromatic heterocycles. The van der Waals surface area contributed by atoms with Crippen LogP contribution >= 0.6 is 0 Å². The number of aryl methyl sites for hydroxylation is 3. The number of anilines is 1. The Hall–Kier alpha value is -2.11. The molecule has 0 aliphatic carbocycles. The predicted molar refractivity (Wildman–Crippen MR) is 73.2 cm³/mol. The summed E-state index contributed by atoms with van der Waals surface area (Å²) in [7, 11) is 3.53. The fourth-order valence-corrected chi connectivity index (χ4v) is 1.97. The minimum absolute atomic E-state index is 0.600. The molecule has 1 N–H and O–H groups in total. The van der Waals surface area contributed by atoms with Crippen LogP contribution in [0.1, 0.15) is 23.7 Å². The summed E-state index contributed by atoms with van der Waals surface area (Å²) in [6.45, 7) is 4.64. The molecule has 19 heavy (non-hydrogen) atoms. The molecule has 0 fully saturated rings. The number of methoxy groups -OCH3 is 1. The highest BCUT2D eigenvalue weighted by atomic mass is 16.5. The van der Waals surface area contributed by atoms with Crippen molar-refractivity contribution in [2.75, 3.05) is 12.4 Å². The van der Waals surface area contributed by atoms with Crippen LogP contribution < -0.4 is 10.1 Å². The average molecular weight is 261 g/mol. The molecule has 0 aliphatic heterocycles. The van der Waals surface area contributed by atoms with Gasteiger partial charge in [-0.2, -0.15) is 5.10 Å². The van der Waals surface area contributed by atoms with Gasteiger partial charge in [-0.3, -0.25) is 0 Å². The van der Waals surface area contributed by atoms with Crippen molar-refractivity contribution in [3.05, 3.63) is 29.2 Å². The molecular weight excluding hydrogens is 242 g/mol. The number of nitrogens with one attached hydrogen (secondary N) is 1. The molecule has 2 aromatic rings. The molecule has 0 bridgehead atoms. The molecule has 0 saturated heterocycles. The maximum absolute atomic E-state index is 5.39. The van der Waals surface area contributed by atoms with E-state index in [4.69, 9.17) is 4.74 Å². The smallest absolute Gasteiger partial charge is 0.222 e. The number of aromatic nitrogens is 4. The Labute approximate surface area is 112 Å². The molecule has 102 valence electrons. The third-order valence-corrected chi connectivity index (χ3v) is 2.90. The van der Waals surface area contributed by atoms with Crippen LogP contribution in [0.25, 0.3) is 0 Å². The highest BCUT2D eigenvalue weighted by molar-refractivity contribution is 5.36. The Morgan fingerprint density at radius 3 is 2.58 bits per heavy atom. The molecular formula is C13H19N5O. The molecule has 2 heterocycles. The summed E-state index contributed by atoms with van der Waals surface area (Å²) in [6.07, 6.45) is 4.44. The van der Waals surface area contributed by atoms with Gasteiger partial charge in [0.25, 0.3) is 0 Å². The van der Waals surface area contributed by atoms with Crippen molar-refractivity contribution in [2.45, 2.75) is 26.8 Å². The fraction of sp³-hybridized carbons (Fsp3) is 0.462. The number of rotatable bonds is 5. The van der Waals surface area contributed by atoms with E-state index >= 15 is 0 Å². The van der Waals surface area contributed by atoms with Gasteiger partial charge in [0, 0.05) is 19.4 Å². The summed E-state index contributed by atoms with van der Waals surface area (Å²) in [4.78, 5) is 8.44. The standard InChI is InChI=1S/C13H19N5O/c1-5-11-10(12(19-4)18(3)17-11)8-16-13-14-6-9(2)7-15-13/h6-7H,5,8H2,1-4H3,(H,14,15,16). The Kier molecular flexibility index (Phi) is 3.99. The topological polar surface area (TPSA) is 64.9 Å². The van der Waals surface area contributed by atoms with Crippen molar-refractivity contribution in [3.63, 3.8) is 0 Å². The summed E-state index contributed by atoms with van der Waals surface area (Å²) >= 11 is 0. The molecule has 6 heteroatoms. The van der Waals surface area contributed by atoms with E-state index in [1.165, 1.54) is 0 Å². The van der Waals surface area contributed by atoms with Crippen molar-refractivity contribution < 1.29 is 4.74 Å². The second kappa shape index (κ2) is 5.69. The number of nitrogens with zero attached hydrogens (tertiary/aromatic N) is 4. The zero-order chi connectivity index (χ0) is 13.8. The van der Waals surface area contributed by atoms with Gasteiger partial charge in [-0.05, 0) is 18.9 Å². The van der Waals surface area contributed by atoms with Crippen molar-refractivity contribution in [2.24, 2.45) is 7.05 Å². The van der Waals surface area contributed by atoms with Crippen molar-refractivity contribution >= 4 is 5.95 Å². The molecule has 0 unspecified atom stereocenters. The van der Waals surface area contributed by atoms with Crippen molar-refractivity contribution in [1.82, 2.24) is 19.7 Å². The second-order valence-corrected chi connectivity index (χ2v) is 4.35. The van der Waals surface area contributed by atoms with Crippen LogP contribution in [-0.4, -0.2) is 26.9 Å². The molecule has 6 nitrogen and oxygen atoms in total. The van der Waals surface area contributed by atoms with E-state index in [-0.39, 0.29) is 0 Å². The zero-order valence-corrected chi connectivity index (χ0v) is 11.8. The van der Waals surface area contributed by atoms with E-state index in [1.54, 1.807) is 24.2 Å². The largest absolute Gasteiger partial charge is 0.481 e. The first-order valence-corrected chi connectivity index (χ1v) is 6.27. The highest BCUT2D eigenvalue weighted by Gasteiger charge is 2.15. The van der Waals surface area contributed by atoms with Gasteiger partial charge < -0.3 is 10.1 Å². The molecule has 0 spiro atoms. The summed E-state index contributed by atoms with van der Waals surface area (Å²) in [6, 6.07) is 0. The molecule has 0 aromatic carbocycles. The van der Waals surface area contributed by atoms with Gasteiger partial charge >= 0.3 is 0 Å². The molecule has 0 amide bonds. The second-order valence-electron chi connectivity index (χ2n) is 4.35. The monoisotopic (exact) mass is 261 g/mol. The molecule has 0 radical (unpaired) electrons. The van der Waals surface area contributed by atoms with Crippen LogP contribution in [0.5, 0.6) is 5.88 Å². The zero-order valence-electron chi connectivity index (χ0n) is 11.8. The number of hydrogen-bond acceptors (Lipinski definition) is 5. The van der Waals surface area contributed by atoms with E-state index in [2.05, 4.69) is 27.3 Å². The first-order valence-electron chi connectivity index (χ1n) is 6.27. The lowest BCUT2D eigenvalue weighted by Crippen LogP contribution is -2.06. The fourth-order valence-electron chi connectivity index (χ4n) is 1.97. The summed E-state index contributed by atoms with van der Waals surface area (Å²) in [5.41, 5.74) is 3.12. The lowest BCUT2D eigenvalue weighted by Gasteiger charge is -2.07. The Morgan fingerprint density at radius 2 is 2.00 bits per heavy atom. The normalized spacial score (nSPS) is 10.5. The Morgan fingerprint density at radius 1 is 1.32 bits per heavy atom. The lowest BCUT2D eigenvalue weighted by molar-refractivity contribution is 0.369. The SMILES string of the molecule is CCc1nn(C)c(OC)c1CNc1ncc(C)cn1. The maximum Gasteiger partial charge on any atom is 0.222 e. The summed E-state index contributed by atoms with van der Waals surface area (Å²) in [5.74, 6) is 1.38. The number of ether oxygens (including phenoxy) is 1. The molecule has 0 aliphatic rings.